The summed E-state index contributed by atoms with van der Waals surface area (Å²) in [5.74, 6) is 2.33. The maximum absolute atomic E-state index is 10.6. The van der Waals surface area contributed by atoms with Crippen LogP contribution in [0.3, 0.4) is 0 Å². The first kappa shape index (κ1) is 17.0. The topological polar surface area (TPSA) is 54.4 Å². The van der Waals surface area contributed by atoms with Crippen molar-refractivity contribution in [2.75, 3.05) is 51.5 Å². The van der Waals surface area contributed by atoms with Gasteiger partial charge >= 0.3 is 0 Å². The molecule has 6 nitrogen and oxygen atoms in total. The summed E-state index contributed by atoms with van der Waals surface area (Å²) in [7, 11) is 1.68. The Morgan fingerprint density at radius 2 is 1.73 bits per heavy atom. The summed E-state index contributed by atoms with van der Waals surface area (Å²) in [5.41, 5.74) is 2.08. The Morgan fingerprint density at radius 1 is 1.00 bits per heavy atom. The van der Waals surface area contributed by atoms with Crippen LogP contribution in [0.5, 0.6) is 17.2 Å². The van der Waals surface area contributed by atoms with E-state index in [9.17, 15) is 5.11 Å². The van der Waals surface area contributed by atoms with Crippen LogP contribution in [0.4, 0.5) is 5.69 Å². The summed E-state index contributed by atoms with van der Waals surface area (Å²) in [6, 6.07) is 13.8. The summed E-state index contributed by atoms with van der Waals surface area (Å²) < 4.78 is 15.9. The summed E-state index contributed by atoms with van der Waals surface area (Å²) >= 11 is 0. The molecule has 1 unspecified atom stereocenters. The highest BCUT2D eigenvalue weighted by Crippen LogP contribution is 2.34. The molecule has 2 heterocycles. The van der Waals surface area contributed by atoms with Gasteiger partial charge in [-0.25, -0.2) is 0 Å². The number of piperazine rings is 1. The number of anilines is 1. The second kappa shape index (κ2) is 7.43. The summed E-state index contributed by atoms with van der Waals surface area (Å²) in [6.07, 6.45) is -0.531. The van der Waals surface area contributed by atoms with Gasteiger partial charge in [0.05, 0.1) is 13.2 Å². The first-order valence-corrected chi connectivity index (χ1v) is 8.92. The Morgan fingerprint density at radius 3 is 2.46 bits per heavy atom. The van der Waals surface area contributed by atoms with E-state index in [1.54, 1.807) is 7.11 Å². The van der Waals surface area contributed by atoms with Crippen molar-refractivity contribution in [1.82, 2.24) is 4.90 Å². The average Bonchev–Trinajstić information content (AvgIpc) is 3.16. The van der Waals surface area contributed by atoms with Crippen LogP contribution in [0.15, 0.2) is 42.5 Å². The number of benzene rings is 2. The summed E-state index contributed by atoms with van der Waals surface area (Å²) in [6.45, 7) is 4.61. The highest BCUT2D eigenvalue weighted by atomic mass is 16.7. The fourth-order valence-electron chi connectivity index (χ4n) is 3.45. The maximum atomic E-state index is 10.6. The molecule has 6 heteroatoms. The molecule has 4 rings (SSSR count). The van der Waals surface area contributed by atoms with Gasteiger partial charge in [0.15, 0.2) is 11.5 Å². The third-order valence-electron chi connectivity index (χ3n) is 5.02. The molecule has 0 bridgehead atoms. The Balaban J connectivity index is 1.31. The number of hydrogen-bond acceptors (Lipinski definition) is 6. The molecule has 2 aliphatic rings. The molecule has 0 amide bonds. The molecule has 2 aromatic rings. The van der Waals surface area contributed by atoms with Gasteiger partial charge in [-0.3, -0.25) is 4.90 Å². The lowest BCUT2D eigenvalue weighted by Gasteiger charge is -2.37. The Hall–Kier alpha value is -2.44. The maximum Gasteiger partial charge on any atom is 0.231 e. The van der Waals surface area contributed by atoms with Gasteiger partial charge in [0.2, 0.25) is 6.79 Å². The van der Waals surface area contributed by atoms with Crippen LogP contribution >= 0.6 is 0 Å². The van der Waals surface area contributed by atoms with E-state index in [4.69, 9.17) is 14.2 Å². The number of aliphatic hydroxyl groups excluding tert-OH is 1. The van der Waals surface area contributed by atoms with Crippen molar-refractivity contribution < 1.29 is 19.3 Å². The smallest absolute Gasteiger partial charge is 0.231 e. The Kier molecular flexibility index (Phi) is 4.86. The van der Waals surface area contributed by atoms with Crippen LogP contribution < -0.4 is 19.1 Å². The molecule has 1 saturated heterocycles. The van der Waals surface area contributed by atoms with E-state index in [1.165, 1.54) is 5.69 Å². The second-order valence-corrected chi connectivity index (χ2v) is 6.61. The minimum Gasteiger partial charge on any atom is -0.497 e. The predicted molar refractivity (Wildman–Crippen MR) is 99.2 cm³/mol. The molecule has 1 N–H and O–H groups in total. The van der Waals surface area contributed by atoms with Crippen molar-refractivity contribution in [2.45, 2.75) is 6.10 Å². The molecule has 2 aromatic carbocycles. The zero-order valence-corrected chi connectivity index (χ0v) is 14.9. The van der Waals surface area contributed by atoms with Gasteiger partial charge < -0.3 is 24.2 Å². The van der Waals surface area contributed by atoms with Crippen LogP contribution in [0, 0.1) is 0 Å². The number of methoxy groups -OCH3 is 1. The van der Waals surface area contributed by atoms with Gasteiger partial charge in [-0.15, -0.1) is 0 Å². The number of ether oxygens (including phenoxy) is 3. The minimum absolute atomic E-state index is 0.252. The first-order valence-electron chi connectivity index (χ1n) is 8.92. The summed E-state index contributed by atoms with van der Waals surface area (Å²) in [5, 5.41) is 10.6. The number of aliphatic hydroxyl groups is 1. The van der Waals surface area contributed by atoms with Crippen LogP contribution in [0.25, 0.3) is 0 Å². The Bertz CT molecular complexity index is 742. The van der Waals surface area contributed by atoms with Crippen molar-refractivity contribution in [1.29, 1.82) is 0 Å². The quantitative estimate of drug-likeness (QED) is 0.887. The van der Waals surface area contributed by atoms with Gasteiger partial charge in [0.25, 0.3) is 0 Å². The van der Waals surface area contributed by atoms with E-state index < -0.39 is 6.10 Å². The fraction of sp³-hybridized carbons (Fsp3) is 0.400. The molecular formula is C20H24N2O4. The van der Waals surface area contributed by atoms with Crippen LogP contribution in [0.2, 0.25) is 0 Å². The standard InChI is InChI=1S/C20H24N2O4/c1-24-17-5-3-16(4-6-17)22-10-8-21(9-11-22)13-18(23)15-2-7-19-20(12-15)26-14-25-19/h2-7,12,18,23H,8-11,13-14H2,1H3. The molecule has 138 valence electrons. The fourth-order valence-corrected chi connectivity index (χ4v) is 3.45. The van der Waals surface area contributed by atoms with E-state index in [0.29, 0.717) is 12.3 Å². The lowest BCUT2D eigenvalue weighted by atomic mass is 10.1. The van der Waals surface area contributed by atoms with Crippen LogP contribution in [0.1, 0.15) is 11.7 Å². The van der Waals surface area contributed by atoms with Crippen molar-refractivity contribution in [3.05, 3.63) is 48.0 Å². The molecule has 1 atom stereocenters. The van der Waals surface area contributed by atoms with E-state index in [0.717, 1.165) is 43.2 Å². The van der Waals surface area contributed by atoms with Gasteiger partial charge in [-0.2, -0.15) is 0 Å². The minimum atomic E-state index is -0.531. The lowest BCUT2D eigenvalue weighted by Crippen LogP contribution is -2.47. The van der Waals surface area contributed by atoms with Crippen molar-refractivity contribution in [2.24, 2.45) is 0 Å². The largest absolute Gasteiger partial charge is 0.497 e. The SMILES string of the molecule is COc1ccc(N2CCN(CC(O)c3ccc4c(c3)OCO4)CC2)cc1. The number of β-amino-alcohol motifs (C(OH)–C–C–N with tert-alkyl or cyclic N) is 1. The molecule has 1 fully saturated rings. The second-order valence-electron chi connectivity index (χ2n) is 6.61. The molecule has 0 aromatic heterocycles. The molecule has 2 aliphatic heterocycles. The molecule has 0 aliphatic carbocycles. The molecule has 0 spiro atoms. The van der Waals surface area contributed by atoms with E-state index in [1.807, 2.05) is 30.3 Å². The van der Waals surface area contributed by atoms with Crippen molar-refractivity contribution in [3.8, 4) is 17.2 Å². The van der Waals surface area contributed by atoms with Crippen LogP contribution in [-0.4, -0.2) is 56.6 Å². The zero-order valence-electron chi connectivity index (χ0n) is 14.9. The average molecular weight is 356 g/mol. The first-order chi connectivity index (χ1) is 12.7. The van der Waals surface area contributed by atoms with Gasteiger partial charge in [-0.1, -0.05) is 6.07 Å². The highest BCUT2D eigenvalue weighted by molar-refractivity contribution is 5.49. The predicted octanol–water partition coefficient (Wildman–Crippen LogP) is 2.28. The zero-order chi connectivity index (χ0) is 17.9. The Labute approximate surface area is 153 Å². The molecule has 26 heavy (non-hydrogen) atoms. The van der Waals surface area contributed by atoms with E-state index in [-0.39, 0.29) is 6.79 Å². The third kappa shape index (κ3) is 3.57. The number of nitrogens with zero attached hydrogens (tertiary/aromatic N) is 2. The number of hydrogen-bond donors (Lipinski definition) is 1. The molecule has 0 radical (unpaired) electrons. The summed E-state index contributed by atoms with van der Waals surface area (Å²) in [4.78, 5) is 4.66. The van der Waals surface area contributed by atoms with Gasteiger partial charge in [0.1, 0.15) is 5.75 Å². The number of rotatable bonds is 5. The lowest BCUT2D eigenvalue weighted by molar-refractivity contribution is 0.109. The highest BCUT2D eigenvalue weighted by Gasteiger charge is 2.22. The number of fused-ring (bicyclic) bond motifs is 1. The van der Waals surface area contributed by atoms with Gasteiger partial charge in [0, 0.05) is 38.4 Å². The van der Waals surface area contributed by atoms with Crippen molar-refractivity contribution in [3.63, 3.8) is 0 Å². The molecule has 0 saturated carbocycles. The van der Waals surface area contributed by atoms with Crippen molar-refractivity contribution >= 4 is 5.69 Å². The van der Waals surface area contributed by atoms with Gasteiger partial charge in [-0.05, 0) is 42.0 Å². The van der Waals surface area contributed by atoms with E-state index in [2.05, 4.69) is 21.9 Å². The van der Waals surface area contributed by atoms with Crippen LogP contribution in [-0.2, 0) is 0 Å². The molecular weight excluding hydrogens is 332 g/mol. The monoisotopic (exact) mass is 356 g/mol. The third-order valence-corrected chi connectivity index (χ3v) is 5.02. The normalized spacial score (nSPS) is 18.0. The van der Waals surface area contributed by atoms with E-state index >= 15 is 0 Å².